The van der Waals surface area contributed by atoms with Gasteiger partial charge in [0.1, 0.15) is 0 Å². The Bertz CT molecular complexity index is 153. The minimum atomic E-state index is 0.175. The van der Waals surface area contributed by atoms with Crippen LogP contribution < -0.4 is 10.6 Å². The highest BCUT2D eigenvalue weighted by atomic mass is 16.5. The van der Waals surface area contributed by atoms with Crippen molar-refractivity contribution in [3.8, 4) is 0 Å². The average Bonchev–Trinajstić information content (AvgIpc) is 2.19. The van der Waals surface area contributed by atoms with Crippen molar-refractivity contribution >= 4 is 0 Å². The Hall–Kier alpha value is -0.120. The van der Waals surface area contributed by atoms with Gasteiger partial charge in [0.15, 0.2) is 0 Å². The lowest BCUT2D eigenvalue weighted by molar-refractivity contribution is 0.0163. The molecule has 0 saturated carbocycles. The zero-order chi connectivity index (χ0) is 10.4. The van der Waals surface area contributed by atoms with Gasteiger partial charge >= 0.3 is 0 Å². The Morgan fingerprint density at radius 3 is 2.71 bits per heavy atom. The Morgan fingerprint density at radius 1 is 1.36 bits per heavy atom. The molecule has 3 nitrogen and oxygen atoms in total. The summed E-state index contributed by atoms with van der Waals surface area (Å²) in [6.07, 6.45) is 4.21. The van der Waals surface area contributed by atoms with Crippen LogP contribution in [0.15, 0.2) is 0 Å². The molecule has 1 aliphatic heterocycles. The quantitative estimate of drug-likeness (QED) is 0.698. The predicted molar refractivity (Wildman–Crippen MR) is 59.6 cm³/mol. The summed E-state index contributed by atoms with van der Waals surface area (Å²) in [5.74, 6) is 0. The highest BCUT2D eigenvalue weighted by Crippen LogP contribution is 2.11. The van der Waals surface area contributed by atoms with E-state index in [1.54, 1.807) is 0 Å². The van der Waals surface area contributed by atoms with Crippen LogP contribution in [-0.2, 0) is 4.74 Å². The molecule has 0 aliphatic carbocycles. The summed E-state index contributed by atoms with van der Waals surface area (Å²) in [7, 11) is 2.00. The van der Waals surface area contributed by atoms with Gasteiger partial charge in [-0.15, -0.1) is 0 Å². The summed E-state index contributed by atoms with van der Waals surface area (Å²) in [5.41, 5.74) is 0.175. The molecule has 1 rings (SSSR count). The first-order valence-electron chi connectivity index (χ1n) is 5.65. The monoisotopic (exact) mass is 200 g/mol. The lowest BCUT2D eigenvalue weighted by Crippen LogP contribution is -2.47. The summed E-state index contributed by atoms with van der Waals surface area (Å²) in [6, 6.07) is 0. The zero-order valence-electron chi connectivity index (χ0n) is 9.73. The number of nitrogens with one attached hydrogen (secondary N) is 2. The van der Waals surface area contributed by atoms with Crippen LogP contribution in [0, 0.1) is 0 Å². The molecule has 84 valence electrons. The second-order valence-corrected chi connectivity index (χ2v) is 4.75. The first kappa shape index (κ1) is 12.0. The fourth-order valence-corrected chi connectivity index (χ4v) is 1.60. The number of hydrogen-bond acceptors (Lipinski definition) is 3. The highest BCUT2D eigenvalue weighted by molar-refractivity contribution is 4.79. The molecule has 0 aromatic carbocycles. The molecule has 1 aliphatic rings. The third-order valence-corrected chi connectivity index (χ3v) is 2.89. The van der Waals surface area contributed by atoms with Crippen molar-refractivity contribution in [3.63, 3.8) is 0 Å². The third-order valence-electron chi connectivity index (χ3n) is 2.89. The van der Waals surface area contributed by atoms with Gasteiger partial charge in [-0.2, -0.15) is 0 Å². The molecule has 0 aromatic rings. The van der Waals surface area contributed by atoms with Gasteiger partial charge < -0.3 is 15.4 Å². The molecule has 3 heteroatoms. The topological polar surface area (TPSA) is 33.3 Å². The molecule has 1 heterocycles. The van der Waals surface area contributed by atoms with Crippen molar-refractivity contribution in [1.29, 1.82) is 0 Å². The third kappa shape index (κ3) is 4.40. The van der Waals surface area contributed by atoms with Crippen molar-refractivity contribution in [2.75, 3.05) is 26.7 Å². The maximum atomic E-state index is 5.64. The van der Waals surface area contributed by atoms with Gasteiger partial charge in [-0.1, -0.05) is 0 Å². The SMILES string of the molecule is CNC(C)(C)CNCC1CCCCO1. The Morgan fingerprint density at radius 2 is 2.14 bits per heavy atom. The van der Waals surface area contributed by atoms with E-state index >= 15 is 0 Å². The van der Waals surface area contributed by atoms with Gasteiger partial charge in [0.05, 0.1) is 6.10 Å². The van der Waals surface area contributed by atoms with E-state index in [2.05, 4.69) is 24.5 Å². The standard InChI is InChI=1S/C11H24N2O/c1-11(2,12-3)9-13-8-10-6-4-5-7-14-10/h10,12-13H,4-9H2,1-3H3. The molecule has 0 aromatic heterocycles. The van der Waals surface area contributed by atoms with Crippen LogP contribution in [0.3, 0.4) is 0 Å². The first-order chi connectivity index (χ1) is 6.64. The molecule has 1 unspecified atom stereocenters. The Balaban J connectivity index is 2.08. The zero-order valence-corrected chi connectivity index (χ0v) is 9.73. The fourth-order valence-electron chi connectivity index (χ4n) is 1.60. The highest BCUT2D eigenvalue weighted by Gasteiger charge is 2.17. The van der Waals surface area contributed by atoms with E-state index in [4.69, 9.17) is 4.74 Å². The van der Waals surface area contributed by atoms with E-state index < -0.39 is 0 Å². The molecule has 1 saturated heterocycles. The van der Waals surface area contributed by atoms with Gasteiger partial charge in [-0.3, -0.25) is 0 Å². The van der Waals surface area contributed by atoms with Crippen LogP contribution >= 0.6 is 0 Å². The lowest BCUT2D eigenvalue weighted by atomic mass is 10.1. The van der Waals surface area contributed by atoms with Gasteiger partial charge in [0.25, 0.3) is 0 Å². The molecule has 1 fully saturated rings. The molecule has 2 N–H and O–H groups in total. The van der Waals surface area contributed by atoms with Crippen LogP contribution in [0.5, 0.6) is 0 Å². The summed E-state index contributed by atoms with van der Waals surface area (Å²) in [4.78, 5) is 0. The van der Waals surface area contributed by atoms with Gasteiger partial charge in [0, 0.05) is 25.2 Å². The van der Waals surface area contributed by atoms with Crippen molar-refractivity contribution in [2.45, 2.75) is 44.8 Å². The maximum Gasteiger partial charge on any atom is 0.0699 e. The van der Waals surface area contributed by atoms with Gasteiger partial charge in [-0.25, -0.2) is 0 Å². The van der Waals surface area contributed by atoms with E-state index in [1.165, 1.54) is 19.3 Å². The molecule has 0 amide bonds. The number of hydrogen-bond donors (Lipinski definition) is 2. The van der Waals surface area contributed by atoms with Crippen LogP contribution in [0.2, 0.25) is 0 Å². The van der Waals surface area contributed by atoms with Crippen LogP contribution in [0.25, 0.3) is 0 Å². The lowest BCUT2D eigenvalue weighted by Gasteiger charge is -2.27. The van der Waals surface area contributed by atoms with Crippen molar-refractivity contribution < 1.29 is 4.74 Å². The maximum absolute atomic E-state index is 5.64. The van der Waals surface area contributed by atoms with E-state index in [9.17, 15) is 0 Å². The van der Waals surface area contributed by atoms with Crippen molar-refractivity contribution in [3.05, 3.63) is 0 Å². The molecular weight excluding hydrogens is 176 g/mol. The van der Waals surface area contributed by atoms with E-state index in [1.807, 2.05) is 7.05 Å². The second kappa shape index (κ2) is 5.69. The summed E-state index contributed by atoms with van der Waals surface area (Å²) in [6.45, 7) is 7.32. The van der Waals surface area contributed by atoms with E-state index in [0.717, 1.165) is 19.7 Å². The van der Waals surface area contributed by atoms with Crippen LogP contribution in [-0.4, -0.2) is 38.4 Å². The molecule has 0 bridgehead atoms. The fraction of sp³-hybridized carbons (Fsp3) is 1.00. The smallest absolute Gasteiger partial charge is 0.0699 e. The molecule has 1 atom stereocenters. The molecule has 14 heavy (non-hydrogen) atoms. The summed E-state index contributed by atoms with van der Waals surface area (Å²) < 4.78 is 5.64. The van der Waals surface area contributed by atoms with Crippen LogP contribution in [0.1, 0.15) is 33.1 Å². The Labute approximate surface area is 87.6 Å². The normalized spacial score (nSPS) is 23.8. The predicted octanol–water partition coefficient (Wildman–Crippen LogP) is 1.14. The van der Waals surface area contributed by atoms with E-state index in [-0.39, 0.29) is 5.54 Å². The summed E-state index contributed by atoms with van der Waals surface area (Å²) >= 11 is 0. The summed E-state index contributed by atoms with van der Waals surface area (Å²) in [5, 5.41) is 6.73. The number of ether oxygens (including phenoxy) is 1. The minimum absolute atomic E-state index is 0.175. The van der Waals surface area contributed by atoms with Crippen molar-refractivity contribution in [2.24, 2.45) is 0 Å². The molecule has 0 radical (unpaired) electrons. The van der Waals surface area contributed by atoms with E-state index in [0.29, 0.717) is 6.10 Å². The van der Waals surface area contributed by atoms with Crippen LogP contribution in [0.4, 0.5) is 0 Å². The second-order valence-electron chi connectivity index (χ2n) is 4.75. The molecule has 0 spiro atoms. The minimum Gasteiger partial charge on any atom is -0.377 e. The van der Waals surface area contributed by atoms with Crippen molar-refractivity contribution in [1.82, 2.24) is 10.6 Å². The molecular formula is C11H24N2O. The Kier molecular flexibility index (Phi) is 4.85. The largest absolute Gasteiger partial charge is 0.377 e. The first-order valence-corrected chi connectivity index (χ1v) is 5.65. The number of likely N-dealkylation sites (N-methyl/N-ethyl adjacent to an activating group) is 1. The van der Waals surface area contributed by atoms with Gasteiger partial charge in [0.2, 0.25) is 0 Å². The van der Waals surface area contributed by atoms with Gasteiger partial charge in [-0.05, 0) is 40.2 Å². The number of rotatable bonds is 5. The average molecular weight is 200 g/mol.